The minimum absolute atomic E-state index is 0.0524. The molecule has 2 rings (SSSR count). The van der Waals surface area contributed by atoms with Crippen LogP contribution >= 0.6 is 0 Å². The van der Waals surface area contributed by atoms with Crippen LogP contribution < -0.4 is 10.6 Å². The van der Waals surface area contributed by atoms with Crippen LogP contribution in [-0.2, 0) is 32.1 Å². The van der Waals surface area contributed by atoms with Crippen molar-refractivity contribution in [3.63, 3.8) is 0 Å². The first-order chi connectivity index (χ1) is 15.5. The summed E-state index contributed by atoms with van der Waals surface area (Å²) in [5, 5.41) is 15.0. The quantitative estimate of drug-likeness (QED) is 0.500. The topological polar surface area (TPSA) is 114 Å². The maximum absolute atomic E-state index is 12.9. The van der Waals surface area contributed by atoms with Gasteiger partial charge in [-0.2, -0.15) is 0 Å². The molecule has 0 fully saturated rings. The van der Waals surface area contributed by atoms with Crippen LogP contribution in [-0.4, -0.2) is 46.9 Å². The van der Waals surface area contributed by atoms with Crippen LogP contribution in [0, 0.1) is 0 Å². The standard InChI is InChI=1S/C25H32N2O6/c1-17(28)21(27-24(31)33-25(2,3)4)22(29)26-20(15-18-11-7-5-8-12-18)23(30)32-16-19-13-9-6-10-14-19/h5-14,17,20-21,28H,15-16H2,1-4H3,(H,26,29)(H,27,31)/t17-,20-,21-/m0/s1. The predicted molar refractivity (Wildman–Crippen MR) is 123 cm³/mol. The Balaban J connectivity index is 2.12. The molecule has 0 spiro atoms. The van der Waals surface area contributed by atoms with Gasteiger partial charge in [-0.25, -0.2) is 9.59 Å². The summed E-state index contributed by atoms with van der Waals surface area (Å²) in [5.41, 5.74) is 0.846. The van der Waals surface area contributed by atoms with Crippen LogP contribution in [0.4, 0.5) is 4.79 Å². The van der Waals surface area contributed by atoms with Gasteiger partial charge in [0.25, 0.3) is 0 Å². The van der Waals surface area contributed by atoms with Crippen molar-refractivity contribution in [3.8, 4) is 0 Å². The van der Waals surface area contributed by atoms with E-state index < -0.39 is 41.8 Å². The van der Waals surface area contributed by atoms with E-state index in [0.29, 0.717) is 0 Å². The van der Waals surface area contributed by atoms with E-state index in [0.717, 1.165) is 11.1 Å². The first kappa shape index (κ1) is 25.9. The number of carbonyl (C=O) groups excluding carboxylic acids is 3. The Morgan fingerprint density at radius 3 is 1.97 bits per heavy atom. The highest BCUT2D eigenvalue weighted by Crippen LogP contribution is 2.10. The molecule has 0 aliphatic rings. The molecule has 178 valence electrons. The Kier molecular flexibility index (Phi) is 9.42. The molecule has 0 saturated heterocycles. The lowest BCUT2D eigenvalue weighted by atomic mass is 10.0. The third kappa shape index (κ3) is 9.33. The Labute approximate surface area is 194 Å². The zero-order valence-electron chi connectivity index (χ0n) is 19.4. The van der Waals surface area contributed by atoms with Gasteiger partial charge in [-0.3, -0.25) is 4.79 Å². The van der Waals surface area contributed by atoms with Crippen LogP contribution in [0.1, 0.15) is 38.8 Å². The normalized spacial score (nSPS) is 13.8. The zero-order chi connectivity index (χ0) is 24.4. The van der Waals surface area contributed by atoms with Crippen molar-refractivity contribution in [1.29, 1.82) is 0 Å². The van der Waals surface area contributed by atoms with Crippen molar-refractivity contribution in [2.45, 2.75) is 64.5 Å². The largest absolute Gasteiger partial charge is 0.459 e. The van der Waals surface area contributed by atoms with Crippen molar-refractivity contribution >= 4 is 18.0 Å². The van der Waals surface area contributed by atoms with Crippen LogP contribution in [0.3, 0.4) is 0 Å². The number of nitrogens with one attached hydrogen (secondary N) is 2. The molecule has 3 N–H and O–H groups in total. The van der Waals surface area contributed by atoms with E-state index in [9.17, 15) is 19.5 Å². The third-order valence-electron chi connectivity index (χ3n) is 4.54. The highest BCUT2D eigenvalue weighted by molar-refractivity contribution is 5.90. The smallest absolute Gasteiger partial charge is 0.408 e. The number of aliphatic hydroxyl groups is 1. The third-order valence-corrected chi connectivity index (χ3v) is 4.54. The van der Waals surface area contributed by atoms with E-state index in [4.69, 9.17) is 9.47 Å². The van der Waals surface area contributed by atoms with Crippen LogP contribution in [0.15, 0.2) is 60.7 Å². The van der Waals surface area contributed by atoms with E-state index in [2.05, 4.69) is 10.6 Å². The van der Waals surface area contributed by atoms with Gasteiger partial charge in [0.1, 0.15) is 24.3 Å². The van der Waals surface area contributed by atoms with E-state index in [1.165, 1.54) is 6.92 Å². The van der Waals surface area contributed by atoms with E-state index >= 15 is 0 Å². The van der Waals surface area contributed by atoms with Gasteiger partial charge >= 0.3 is 12.1 Å². The number of esters is 1. The number of hydrogen-bond acceptors (Lipinski definition) is 6. The molecular formula is C25H32N2O6. The first-order valence-electron chi connectivity index (χ1n) is 10.8. The highest BCUT2D eigenvalue weighted by Gasteiger charge is 2.32. The minimum atomic E-state index is -1.32. The molecule has 0 saturated carbocycles. The number of alkyl carbamates (subject to hydrolysis) is 1. The fourth-order valence-electron chi connectivity index (χ4n) is 2.97. The average molecular weight is 457 g/mol. The number of amides is 2. The number of rotatable bonds is 9. The van der Waals surface area contributed by atoms with Gasteiger partial charge in [-0.15, -0.1) is 0 Å². The summed E-state index contributed by atoms with van der Waals surface area (Å²) in [6.07, 6.45) is -1.90. The number of hydrogen-bond donors (Lipinski definition) is 3. The van der Waals surface area contributed by atoms with Crippen molar-refractivity contribution in [2.24, 2.45) is 0 Å². The molecule has 0 aromatic heterocycles. The maximum atomic E-state index is 12.9. The fraction of sp³-hybridized carbons (Fsp3) is 0.400. The van der Waals surface area contributed by atoms with Crippen LogP contribution in [0.2, 0.25) is 0 Å². The Morgan fingerprint density at radius 2 is 1.45 bits per heavy atom. The monoisotopic (exact) mass is 456 g/mol. The SMILES string of the molecule is C[C@H](O)[C@H](NC(=O)OC(C)(C)C)C(=O)N[C@@H](Cc1ccccc1)C(=O)OCc1ccccc1. The molecule has 2 amide bonds. The van der Waals surface area contributed by atoms with Gasteiger partial charge in [0.2, 0.25) is 5.91 Å². The summed E-state index contributed by atoms with van der Waals surface area (Å²) in [4.78, 5) is 37.9. The van der Waals surface area contributed by atoms with Crippen molar-refractivity contribution in [2.75, 3.05) is 0 Å². The molecule has 33 heavy (non-hydrogen) atoms. The van der Waals surface area contributed by atoms with E-state index in [1.807, 2.05) is 60.7 Å². The Hall–Kier alpha value is -3.39. The lowest BCUT2D eigenvalue weighted by Crippen LogP contribution is -2.56. The van der Waals surface area contributed by atoms with Crippen LogP contribution in [0.25, 0.3) is 0 Å². The maximum Gasteiger partial charge on any atom is 0.408 e. The number of aliphatic hydroxyl groups excluding tert-OH is 1. The molecule has 0 aliphatic heterocycles. The Bertz CT molecular complexity index is 909. The summed E-state index contributed by atoms with van der Waals surface area (Å²) in [6.45, 7) is 6.46. The summed E-state index contributed by atoms with van der Waals surface area (Å²) in [7, 11) is 0. The predicted octanol–water partition coefficient (Wildman–Crippen LogP) is 2.73. The zero-order valence-corrected chi connectivity index (χ0v) is 19.4. The van der Waals surface area contributed by atoms with Gasteiger partial charge in [0.05, 0.1) is 6.10 Å². The van der Waals surface area contributed by atoms with Gasteiger partial charge in [0, 0.05) is 6.42 Å². The molecule has 8 nitrogen and oxygen atoms in total. The Morgan fingerprint density at radius 1 is 0.909 bits per heavy atom. The van der Waals surface area contributed by atoms with E-state index in [-0.39, 0.29) is 13.0 Å². The van der Waals surface area contributed by atoms with Crippen molar-refractivity contribution < 1.29 is 29.0 Å². The second-order valence-electron chi connectivity index (χ2n) is 8.71. The first-order valence-corrected chi connectivity index (χ1v) is 10.8. The molecule has 3 atom stereocenters. The van der Waals surface area contributed by atoms with Gasteiger partial charge < -0.3 is 25.2 Å². The van der Waals surface area contributed by atoms with Crippen molar-refractivity contribution in [3.05, 3.63) is 71.8 Å². The van der Waals surface area contributed by atoms with Crippen LogP contribution in [0.5, 0.6) is 0 Å². The lowest BCUT2D eigenvalue weighted by Gasteiger charge is -2.26. The molecule has 0 heterocycles. The fourth-order valence-corrected chi connectivity index (χ4v) is 2.97. The summed E-state index contributed by atoms with van der Waals surface area (Å²) in [5.74, 6) is -1.36. The lowest BCUT2D eigenvalue weighted by molar-refractivity contribution is -0.149. The number of benzene rings is 2. The van der Waals surface area contributed by atoms with Gasteiger partial charge in [0.15, 0.2) is 0 Å². The van der Waals surface area contributed by atoms with E-state index in [1.54, 1.807) is 20.8 Å². The molecule has 0 aliphatic carbocycles. The average Bonchev–Trinajstić information content (AvgIpc) is 2.75. The summed E-state index contributed by atoms with van der Waals surface area (Å²) < 4.78 is 10.6. The van der Waals surface area contributed by atoms with Crippen molar-refractivity contribution in [1.82, 2.24) is 10.6 Å². The molecule has 0 radical (unpaired) electrons. The molecule has 8 heteroatoms. The number of carbonyl (C=O) groups is 3. The second-order valence-corrected chi connectivity index (χ2v) is 8.71. The number of ether oxygens (including phenoxy) is 2. The summed E-state index contributed by atoms with van der Waals surface area (Å²) in [6, 6.07) is 16.0. The summed E-state index contributed by atoms with van der Waals surface area (Å²) >= 11 is 0. The molecule has 2 aromatic carbocycles. The molecule has 2 aromatic rings. The van der Waals surface area contributed by atoms with Gasteiger partial charge in [-0.1, -0.05) is 60.7 Å². The molecule has 0 bridgehead atoms. The molecule has 0 unspecified atom stereocenters. The second kappa shape index (κ2) is 12.0. The van der Waals surface area contributed by atoms with Gasteiger partial charge in [-0.05, 0) is 38.8 Å². The molecular weight excluding hydrogens is 424 g/mol. The highest BCUT2D eigenvalue weighted by atomic mass is 16.6. The minimum Gasteiger partial charge on any atom is -0.459 e.